The van der Waals surface area contributed by atoms with Gasteiger partial charge in [0.15, 0.2) is 0 Å². The number of carbonyl (C=O) groups is 6. The van der Waals surface area contributed by atoms with Crippen LogP contribution in [0.5, 0.6) is 0 Å². The molecule has 12 saturated heterocycles. The highest BCUT2D eigenvalue weighted by atomic mass is 16.4. The number of aliphatic hydroxyl groups is 16. The maximum atomic E-state index is 11.1. The van der Waals surface area contributed by atoms with Crippen molar-refractivity contribution < 1.29 is 141 Å². The van der Waals surface area contributed by atoms with Crippen molar-refractivity contribution in [2.45, 2.75) is 224 Å². The molecule has 0 aromatic rings. The molecule has 92 heavy (non-hydrogen) atoms. The van der Waals surface area contributed by atoms with Gasteiger partial charge in [0, 0.05) is 25.2 Å². The molecule has 12 rings (SSSR count). The van der Waals surface area contributed by atoms with Crippen molar-refractivity contribution in [3.8, 4) is 0 Å². The van der Waals surface area contributed by atoms with E-state index in [1.165, 1.54) is 0 Å². The van der Waals surface area contributed by atoms with E-state index < -0.39 is 193 Å². The molecule has 34 heteroatoms. The SMILES string of the molecule is CC1CCCN2C(C(=O)O)C(O)C(O)C12.C[C@H]1CCCN2[C@@H]1[C@@H](O)[C@@H](O)[C@H]2C(=O)O.O=C(O)C1CCCN2C(CO)C(O)C(O)C12.O=C(O)C1CCN2CC(O)C(O)C(O)C12.O=C(O)C1CCN2C[C@H](O)[C@@H](O)[C@H](O)[C@@H]12.O=C(O)[C@H]1CCCN2[C@@H]1[C@@H](O)[C@@H](O)[C@H]2CO. The smallest absolute Gasteiger partial charge is 0.323 e. The van der Waals surface area contributed by atoms with E-state index in [0.29, 0.717) is 77.8 Å². The van der Waals surface area contributed by atoms with Gasteiger partial charge in [-0.25, -0.2) is 0 Å². The van der Waals surface area contributed by atoms with Gasteiger partial charge in [-0.15, -0.1) is 0 Å². The minimum absolute atomic E-state index is 0.199. The van der Waals surface area contributed by atoms with Gasteiger partial charge >= 0.3 is 35.8 Å². The second-order valence-corrected chi connectivity index (χ2v) is 26.9. The van der Waals surface area contributed by atoms with Crippen LogP contribution in [0.1, 0.15) is 78.1 Å². The summed E-state index contributed by atoms with van der Waals surface area (Å²) < 4.78 is 0. The first-order valence-electron chi connectivity index (χ1n) is 31.9. The summed E-state index contributed by atoms with van der Waals surface area (Å²) in [6.45, 7) is 7.56. The van der Waals surface area contributed by atoms with Crippen molar-refractivity contribution in [1.82, 2.24) is 29.4 Å². The largest absolute Gasteiger partial charge is 0.481 e. The van der Waals surface area contributed by atoms with E-state index in [1.54, 1.807) is 29.4 Å². The second-order valence-electron chi connectivity index (χ2n) is 26.9. The third-order valence-corrected chi connectivity index (χ3v) is 21.6. The Morgan fingerprint density at radius 3 is 0.870 bits per heavy atom. The predicted molar refractivity (Wildman–Crippen MR) is 310 cm³/mol. The molecule has 0 amide bonds. The van der Waals surface area contributed by atoms with Crippen molar-refractivity contribution in [2.24, 2.45) is 35.5 Å². The predicted octanol–water partition coefficient (Wildman–Crippen LogP) is -9.24. The number of hydrogen-bond acceptors (Lipinski definition) is 28. The number of carboxylic acid groups (broad SMARTS) is 6. The first kappa shape index (κ1) is 75.3. The van der Waals surface area contributed by atoms with E-state index in [-0.39, 0.29) is 50.2 Å². The Balaban J connectivity index is 0.000000157. The molecular formula is C58H98N6O28. The van der Waals surface area contributed by atoms with Crippen LogP contribution in [-0.4, -0.2) is 389 Å². The summed E-state index contributed by atoms with van der Waals surface area (Å²) in [5, 5.41) is 208. The topological polar surface area (TPSA) is 567 Å². The number of aliphatic hydroxyl groups excluding tert-OH is 16. The summed E-state index contributed by atoms with van der Waals surface area (Å²) in [6, 6.07) is -5.63. The van der Waals surface area contributed by atoms with Crippen LogP contribution < -0.4 is 0 Å². The molecule has 34 nitrogen and oxygen atoms in total. The van der Waals surface area contributed by atoms with Crippen LogP contribution in [0.3, 0.4) is 0 Å². The number of aliphatic carboxylic acids is 6. The Labute approximate surface area is 530 Å². The number of piperidine rings is 6. The van der Waals surface area contributed by atoms with Gasteiger partial charge < -0.3 is 112 Å². The number of nitrogens with zero attached hydrogens (tertiary/aromatic N) is 6. The van der Waals surface area contributed by atoms with Gasteiger partial charge in [0.25, 0.3) is 0 Å². The van der Waals surface area contributed by atoms with Crippen LogP contribution >= 0.6 is 0 Å². The average Bonchev–Trinajstić information content (AvgIpc) is 1.66. The minimum atomic E-state index is -1.24. The summed E-state index contributed by atoms with van der Waals surface area (Å²) >= 11 is 0. The Kier molecular flexibility index (Phi) is 26.1. The molecule has 0 bridgehead atoms. The van der Waals surface area contributed by atoms with Gasteiger partial charge in [-0.3, -0.25) is 58.2 Å². The first-order valence-corrected chi connectivity index (χ1v) is 31.9. The fourth-order valence-corrected chi connectivity index (χ4v) is 17.1. The summed E-state index contributed by atoms with van der Waals surface area (Å²) in [5.74, 6) is -8.01. The molecule has 12 aliphatic heterocycles. The zero-order chi connectivity index (χ0) is 68.4. The van der Waals surface area contributed by atoms with Gasteiger partial charge in [-0.1, -0.05) is 13.8 Å². The number of carboxylic acids is 6. The molecule has 0 aromatic carbocycles. The molecule has 0 aliphatic carbocycles. The Hall–Kier alpha value is -4.06. The third kappa shape index (κ3) is 15.2. The summed E-state index contributed by atoms with van der Waals surface area (Å²) in [6.07, 6.45) is -8.13. The Morgan fingerprint density at radius 1 is 0.304 bits per heavy atom. The number of fused-ring (bicyclic) bond motifs is 6. The van der Waals surface area contributed by atoms with E-state index in [9.17, 15) is 100 Å². The van der Waals surface area contributed by atoms with Gasteiger partial charge in [-0.2, -0.15) is 0 Å². The fraction of sp³-hybridized carbons (Fsp3) is 0.897. The number of rotatable bonds is 8. The van der Waals surface area contributed by atoms with Crippen LogP contribution in [0.4, 0.5) is 0 Å². The second kappa shape index (κ2) is 31.9. The summed E-state index contributed by atoms with van der Waals surface area (Å²) in [5.41, 5.74) is 0. The highest BCUT2D eigenvalue weighted by Crippen LogP contribution is 2.41. The zero-order valence-corrected chi connectivity index (χ0v) is 51.4. The van der Waals surface area contributed by atoms with E-state index in [0.717, 1.165) is 25.7 Å². The lowest BCUT2D eigenvalue weighted by Gasteiger charge is -2.41. The lowest BCUT2D eigenvalue weighted by Crippen LogP contribution is -2.61. The molecular weight excluding hydrogens is 1230 g/mol. The van der Waals surface area contributed by atoms with Gasteiger partial charge in [0.2, 0.25) is 0 Å². The molecule has 30 atom stereocenters. The molecule has 16 unspecified atom stereocenters. The number of hydrogen-bond donors (Lipinski definition) is 22. The zero-order valence-electron chi connectivity index (χ0n) is 51.4. The normalized spacial score (nSPS) is 45.7. The van der Waals surface area contributed by atoms with Crippen LogP contribution in [-0.2, 0) is 28.8 Å². The van der Waals surface area contributed by atoms with Crippen molar-refractivity contribution in [3.63, 3.8) is 0 Å². The Morgan fingerprint density at radius 2 is 0.576 bits per heavy atom. The molecule has 12 fully saturated rings. The fourth-order valence-electron chi connectivity index (χ4n) is 17.1. The van der Waals surface area contributed by atoms with Crippen LogP contribution in [0.2, 0.25) is 0 Å². The molecule has 0 aromatic heterocycles. The third-order valence-electron chi connectivity index (χ3n) is 21.6. The Bertz CT molecular complexity index is 2340. The van der Waals surface area contributed by atoms with Crippen molar-refractivity contribution in [3.05, 3.63) is 0 Å². The average molecular weight is 1330 g/mol. The van der Waals surface area contributed by atoms with Crippen LogP contribution in [0.15, 0.2) is 0 Å². The lowest BCUT2D eigenvalue weighted by atomic mass is 9.88. The summed E-state index contributed by atoms with van der Waals surface area (Å²) in [7, 11) is 0. The van der Waals surface area contributed by atoms with Gasteiger partial charge in [0.1, 0.15) is 36.5 Å². The van der Waals surface area contributed by atoms with Crippen molar-refractivity contribution >= 4 is 35.8 Å². The molecule has 0 radical (unpaired) electrons. The van der Waals surface area contributed by atoms with E-state index >= 15 is 0 Å². The van der Waals surface area contributed by atoms with E-state index in [1.807, 2.05) is 13.8 Å². The van der Waals surface area contributed by atoms with Gasteiger partial charge in [-0.05, 0) is 115 Å². The monoisotopic (exact) mass is 1330 g/mol. The molecule has 0 spiro atoms. The highest BCUT2D eigenvalue weighted by molar-refractivity contribution is 5.76. The van der Waals surface area contributed by atoms with Crippen molar-refractivity contribution in [2.75, 3.05) is 65.6 Å². The van der Waals surface area contributed by atoms with Gasteiger partial charge in [0.05, 0.1) is 134 Å². The molecule has 528 valence electrons. The van der Waals surface area contributed by atoms with E-state index in [4.69, 9.17) is 40.9 Å². The first-order chi connectivity index (χ1) is 43.3. The molecule has 12 aliphatic rings. The van der Waals surface area contributed by atoms with Crippen LogP contribution in [0.25, 0.3) is 0 Å². The molecule has 12 heterocycles. The minimum Gasteiger partial charge on any atom is -0.481 e. The van der Waals surface area contributed by atoms with Crippen molar-refractivity contribution in [1.29, 1.82) is 0 Å². The van der Waals surface area contributed by atoms with E-state index in [2.05, 4.69) is 0 Å². The molecule has 22 N–H and O–H groups in total. The maximum absolute atomic E-state index is 11.1. The lowest BCUT2D eigenvalue weighted by molar-refractivity contribution is -0.156. The standard InChI is InChI=1S/2C10H17NO5.2C10H17NO4.2C9H15NO5/c2*12-4-6-8(13)9(14)7-5(10(15)16)2-1-3-11(6)7;2*1-5-3-2-4-11-6(5)8(12)9(13)7(11)10(14)15;2*11-5-3-10-2-1-4(9(14)15)6(10)8(13)7(5)12/h2*5-9,12-14H,1-4H2,(H,15,16);2*5-9,12-13H,2-4H2,1H3,(H,14,15);2*4-8,11-13H,1-3H2,(H,14,15)/t5-,6+,7-,8-,9+;;5-,6-,7-,8+,9-;;4?,5-,6+,7+,8+;/m0.0.0./s1. The maximum Gasteiger partial charge on any atom is 0.323 e. The van der Waals surface area contributed by atoms with Crippen LogP contribution in [0, 0.1) is 35.5 Å². The highest BCUT2D eigenvalue weighted by Gasteiger charge is 2.58. The summed E-state index contributed by atoms with van der Waals surface area (Å²) in [4.78, 5) is 76.4. The quantitative estimate of drug-likeness (QED) is 0.107. The molecule has 0 saturated carbocycles.